The van der Waals surface area contributed by atoms with Crippen LogP contribution in [0, 0.1) is 0 Å². The van der Waals surface area contributed by atoms with Gasteiger partial charge in [-0.2, -0.15) is 11.8 Å². The largest absolute Gasteiger partial charge is 0.484 e. The van der Waals surface area contributed by atoms with E-state index in [1.807, 2.05) is 11.8 Å². The van der Waals surface area contributed by atoms with Gasteiger partial charge in [0.05, 0.1) is 5.69 Å². The highest BCUT2D eigenvalue weighted by Crippen LogP contribution is 2.39. The van der Waals surface area contributed by atoms with Crippen LogP contribution in [-0.2, 0) is 6.42 Å². The van der Waals surface area contributed by atoms with Gasteiger partial charge >= 0.3 is 0 Å². The van der Waals surface area contributed by atoms with Gasteiger partial charge in [0.1, 0.15) is 11.4 Å². The number of hydrogen-bond donors (Lipinski definition) is 1. The van der Waals surface area contributed by atoms with Gasteiger partial charge < -0.3 is 10.1 Å². The first-order valence-corrected chi connectivity index (χ1v) is 6.55. The van der Waals surface area contributed by atoms with E-state index >= 15 is 0 Å². The predicted molar refractivity (Wildman–Crippen MR) is 65.0 cm³/mol. The minimum absolute atomic E-state index is 0.0596. The van der Waals surface area contributed by atoms with Gasteiger partial charge in [-0.25, -0.2) is 0 Å². The summed E-state index contributed by atoms with van der Waals surface area (Å²) in [4.78, 5) is 0. The fraction of sp³-hybridized carbons (Fsp3) is 0.500. The second-order valence-electron chi connectivity index (χ2n) is 4.51. The van der Waals surface area contributed by atoms with Crippen molar-refractivity contribution < 1.29 is 4.74 Å². The van der Waals surface area contributed by atoms with Gasteiger partial charge in [-0.05, 0) is 25.0 Å². The number of anilines is 1. The van der Waals surface area contributed by atoms with Crippen molar-refractivity contribution in [2.45, 2.75) is 18.9 Å². The molecule has 2 heterocycles. The summed E-state index contributed by atoms with van der Waals surface area (Å²) in [6, 6.07) is 6.35. The molecule has 15 heavy (non-hydrogen) atoms. The third-order valence-electron chi connectivity index (χ3n) is 2.98. The monoisotopic (exact) mass is 221 g/mol. The molecule has 0 saturated carbocycles. The molecule has 0 aliphatic carbocycles. The van der Waals surface area contributed by atoms with Crippen LogP contribution in [0.1, 0.15) is 12.5 Å². The average Bonchev–Trinajstić information content (AvgIpc) is 2.64. The van der Waals surface area contributed by atoms with Crippen molar-refractivity contribution in [1.29, 1.82) is 0 Å². The van der Waals surface area contributed by atoms with Crippen LogP contribution >= 0.6 is 11.8 Å². The topological polar surface area (TPSA) is 21.3 Å². The van der Waals surface area contributed by atoms with Gasteiger partial charge in [0.25, 0.3) is 0 Å². The molecule has 1 saturated heterocycles. The molecule has 0 aromatic heterocycles. The summed E-state index contributed by atoms with van der Waals surface area (Å²) in [5, 5.41) is 3.41. The molecule has 3 heteroatoms. The molecule has 2 aliphatic heterocycles. The van der Waals surface area contributed by atoms with Crippen LogP contribution in [0.5, 0.6) is 5.75 Å². The quantitative estimate of drug-likeness (QED) is 0.829. The van der Waals surface area contributed by atoms with E-state index in [1.54, 1.807) is 0 Å². The molecule has 0 amide bonds. The fourth-order valence-corrected chi connectivity index (χ4v) is 3.00. The Morgan fingerprint density at radius 3 is 3.00 bits per heavy atom. The van der Waals surface area contributed by atoms with E-state index in [2.05, 4.69) is 30.4 Å². The average molecular weight is 221 g/mol. The Balaban J connectivity index is 1.89. The van der Waals surface area contributed by atoms with Crippen LogP contribution in [0.15, 0.2) is 18.2 Å². The fourth-order valence-electron chi connectivity index (χ4n) is 2.11. The molecule has 2 nitrogen and oxygen atoms in total. The molecule has 1 N–H and O–H groups in total. The highest BCUT2D eigenvalue weighted by Gasteiger charge is 2.35. The van der Waals surface area contributed by atoms with Gasteiger partial charge in [0.2, 0.25) is 0 Å². The lowest BCUT2D eigenvalue weighted by Crippen LogP contribution is -2.45. The summed E-state index contributed by atoms with van der Waals surface area (Å²) in [5.41, 5.74) is 2.67. The molecule has 1 fully saturated rings. The molecule has 80 valence electrons. The molecule has 1 aromatic rings. The van der Waals surface area contributed by atoms with Gasteiger partial charge in [-0.3, -0.25) is 0 Å². The second kappa shape index (κ2) is 3.34. The van der Waals surface area contributed by atoms with Crippen LogP contribution in [-0.4, -0.2) is 23.7 Å². The summed E-state index contributed by atoms with van der Waals surface area (Å²) in [7, 11) is 0. The molecular weight excluding hydrogens is 206 g/mol. The van der Waals surface area contributed by atoms with Crippen molar-refractivity contribution in [3.63, 3.8) is 0 Å². The van der Waals surface area contributed by atoms with Crippen molar-refractivity contribution in [2.24, 2.45) is 0 Å². The third-order valence-corrected chi connectivity index (χ3v) is 4.61. The smallest absolute Gasteiger partial charge is 0.143 e. The first-order chi connectivity index (χ1) is 7.27. The van der Waals surface area contributed by atoms with Crippen LogP contribution in [0.2, 0.25) is 0 Å². The van der Waals surface area contributed by atoms with Crippen molar-refractivity contribution in [3.05, 3.63) is 23.8 Å². The van der Waals surface area contributed by atoms with Crippen molar-refractivity contribution in [2.75, 3.05) is 23.4 Å². The molecule has 0 bridgehead atoms. The summed E-state index contributed by atoms with van der Waals surface area (Å²) in [6.07, 6.45) is 1.12. The molecule has 1 aromatic carbocycles. The van der Waals surface area contributed by atoms with E-state index < -0.39 is 0 Å². The minimum Gasteiger partial charge on any atom is -0.484 e. The van der Waals surface area contributed by atoms with Crippen molar-refractivity contribution >= 4 is 17.4 Å². The number of fused-ring (bicyclic) bond motifs is 1. The summed E-state index contributed by atoms with van der Waals surface area (Å²) >= 11 is 1.95. The number of ether oxygens (including phenoxy) is 1. The Morgan fingerprint density at radius 1 is 1.40 bits per heavy atom. The number of benzene rings is 1. The summed E-state index contributed by atoms with van der Waals surface area (Å²) in [5.74, 6) is 3.25. The zero-order chi connectivity index (χ0) is 10.3. The Labute approximate surface area is 94.4 Å². The molecule has 0 unspecified atom stereocenters. The Bertz CT molecular complexity index is 387. The van der Waals surface area contributed by atoms with Crippen LogP contribution in [0.4, 0.5) is 5.69 Å². The second-order valence-corrected chi connectivity index (χ2v) is 5.50. The lowest BCUT2D eigenvalue weighted by molar-refractivity contribution is 0.130. The highest BCUT2D eigenvalue weighted by atomic mass is 32.2. The van der Waals surface area contributed by atoms with E-state index in [0.29, 0.717) is 0 Å². The van der Waals surface area contributed by atoms with Crippen LogP contribution < -0.4 is 10.1 Å². The van der Waals surface area contributed by atoms with Crippen molar-refractivity contribution in [1.82, 2.24) is 0 Å². The maximum absolute atomic E-state index is 6.10. The van der Waals surface area contributed by atoms with E-state index in [1.165, 1.54) is 11.3 Å². The SMILES string of the molecule is CC1(Oc2cccc3c2NCC3)CSC1. The number of rotatable bonds is 2. The highest BCUT2D eigenvalue weighted by molar-refractivity contribution is 8.00. The summed E-state index contributed by atoms with van der Waals surface area (Å²) in [6.45, 7) is 3.24. The minimum atomic E-state index is 0.0596. The predicted octanol–water partition coefficient (Wildman–Crippen LogP) is 2.54. The first-order valence-electron chi connectivity index (χ1n) is 5.39. The maximum Gasteiger partial charge on any atom is 0.143 e. The molecule has 0 atom stereocenters. The van der Waals surface area contributed by atoms with Crippen molar-refractivity contribution in [3.8, 4) is 5.75 Å². The zero-order valence-corrected chi connectivity index (χ0v) is 9.69. The van der Waals surface area contributed by atoms with Gasteiger partial charge in [0.15, 0.2) is 0 Å². The van der Waals surface area contributed by atoms with E-state index in [9.17, 15) is 0 Å². The maximum atomic E-state index is 6.10. The van der Waals surface area contributed by atoms with E-state index in [0.717, 1.165) is 30.2 Å². The van der Waals surface area contributed by atoms with Gasteiger partial charge in [0, 0.05) is 18.1 Å². The molecule has 0 spiro atoms. The Hall–Kier alpha value is -0.830. The molecule has 3 rings (SSSR count). The zero-order valence-electron chi connectivity index (χ0n) is 8.88. The number of thioether (sulfide) groups is 1. The Morgan fingerprint density at radius 2 is 2.27 bits per heavy atom. The van der Waals surface area contributed by atoms with E-state index in [-0.39, 0.29) is 5.60 Å². The molecule has 2 aliphatic rings. The molecular formula is C12H15NOS. The van der Waals surface area contributed by atoms with Crippen LogP contribution in [0.3, 0.4) is 0 Å². The van der Waals surface area contributed by atoms with Gasteiger partial charge in [-0.15, -0.1) is 0 Å². The van der Waals surface area contributed by atoms with Crippen LogP contribution in [0.25, 0.3) is 0 Å². The third kappa shape index (κ3) is 1.59. The lowest BCUT2D eigenvalue weighted by atomic mass is 10.1. The molecule has 0 radical (unpaired) electrons. The van der Waals surface area contributed by atoms with Gasteiger partial charge in [-0.1, -0.05) is 12.1 Å². The lowest BCUT2D eigenvalue weighted by Gasteiger charge is -2.38. The number of hydrogen-bond acceptors (Lipinski definition) is 3. The van der Waals surface area contributed by atoms with E-state index in [4.69, 9.17) is 4.74 Å². The summed E-state index contributed by atoms with van der Waals surface area (Å²) < 4.78 is 6.10. The number of nitrogens with one attached hydrogen (secondary N) is 1. The Kier molecular flexibility index (Phi) is 2.09. The number of para-hydroxylation sites is 1. The standard InChI is InChI=1S/C12H15NOS/c1-12(7-15-8-12)14-10-4-2-3-9-5-6-13-11(9)10/h2-4,13H,5-8H2,1H3. The first kappa shape index (κ1) is 9.40. The normalized spacial score (nSPS) is 21.4.